The summed E-state index contributed by atoms with van der Waals surface area (Å²) < 4.78 is 26.3. The minimum Gasteiger partial charge on any atom is -0.497 e. The zero-order valence-electron chi connectivity index (χ0n) is 37.2. The number of fused-ring (bicyclic) bond motifs is 10. The van der Waals surface area contributed by atoms with E-state index in [9.17, 15) is 0 Å². The second-order valence-electron chi connectivity index (χ2n) is 18.7. The number of benzene rings is 4. The predicted octanol–water partition coefficient (Wildman–Crippen LogP) is 10.1. The third-order valence-electron chi connectivity index (χ3n) is 15.7. The number of carbonyl (C=O) groups excluding carboxylic acids is 2. The number of carbonyl (C=O) groups is 2. The van der Waals surface area contributed by atoms with Crippen LogP contribution in [0.25, 0.3) is 21.8 Å². The second-order valence-corrected chi connectivity index (χ2v) is 18.7. The van der Waals surface area contributed by atoms with Gasteiger partial charge >= 0.3 is 0 Å². The van der Waals surface area contributed by atoms with Gasteiger partial charge in [0.2, 0.25) is 0 Å². The van der Waals surface area contributed by atoms with E-state index < -0.39 is 12.2 Å². The quantitative estimate of drug-likeness (QED) is 0.118. The first-order valence-corrected chi connectivity index (χ1v) is 23.4. The van der Waals surface area contributed by atoms with E-state index in [1.807, 2.05) is 85.2 Å². The fraction of sp³-hybridized carbons (Fsp3) is 0.407. The van der Waals surface area contributed by atoms with E-state index in [1.54, 1.807) is 26.4 Å². The van der Waals surface area contributed by atoms with Gasteiger partial charge in [0.05, 0.1) is 48.5 Å². The molecule has 1 aliphatic carbocycles. The summed E-state index contributed by atoms with van der Waals surface area (Å²) in [5, 5.41) is 1.88. The first-order valence-electron chi connectivity index (χ1n) is 23.4. The molecule has 7 aliphatic rings. The molecule has 10 heteroatoms. The molecule has 6 unspecified atom stereocenters. The Morgan fingerprint density at radius 3 is 1.45 bits per heavy atom. The Morgan fingerprint density at radius 2 is 1.06 bits per heavy atom. The van der Waals surface area contributed by atoms with Gasteiger partial charge < -0.3 is 18.9 Å². The Morgan fingerprint density at radius 1 is 0.609 bits per heavy atom. The van der Waals surface area contributed by atoms with Crippen molar-refractivity contribution in [2.75, 3.05) is 40.4 Å². The average molecular weight is 857 g/mol. The number of rotatable bonds is 12. The first kappa shape index (κ1) is 40.9. The van der Waals surface area contributed by atoms with E-state index in [1.165, 1.54) is 0 Å². The fourth-order valence-corrected chi connectivity index (χ4v) is 12.3. The molecule has 0 radical (unpaired) electrons. The first-order chi connectivity index (χ1) is 31.3. The summed E-state index contributed by atoms with van der Waals surface area (Å²) in [7, 11) is 3.35. The summed E-state index contributed by atoms with van der Waals surface area (Å²) in [6, 6.07) is 27.0. The van der Waals surface area contributed by atoms with Gasteiger partial charge in [-0.3, -0.25) is 29.4 Å². The number of hydrogen-bond donors (Lipinski definition) is 0. The molecule has 2 aromatic heterocycles. The van der Waals surface area contributed by atoms with E-state index in [-0.39, 0.29) is 34.8 Å². The molecule has 4 aromatic carbocycles. The van der Waals surface area contributed by atoms with Crippen molar-refractivity contribution in [1.29, 1.82) is 0 Å². The molecule has 6 aliphatic heterocycles. The highest BCUT2D eigenvalue weighted by molar-refractivity contribution is 6.30. The summed E-state index contributed by atoms with van der Waals surface area (Å²) >= 11 is 0. The molecule has 64 heavy (non-hydrogen) atoms. The standard InChI is InChI=1S/C54H56N4O6/c1-5-31-29-57-23-19-33(31)25-45(57)53(39-17-21-55-43-13-11-35(61-3)27-41(39)43)63-47-15-16-48(50-49(47)51(59)37-9-7-8-10-38(37)52(50)60)64-54(46-26-34-20-24-58(46)30-32(34)6-2)40-18-22-56-44-14-12-36(62-4)28-42(40)44/h7-18,21-22,27-28,31-34,45-46,53-54H,5-6,19-20,23-26,29-30H2,1-4H3/t31-,32?,33?,34?,45?,46-,53+,54+/m0/s1. The van der Waals surface area contributed by atoms with Crippen LogP contribution in [0, 0.1) is 23.7 Å². The van der Waals surface area contributed by atoms with Crippen molar-refractivity contribution in [2.45, 2.75) is 76.7 Å². The molecule has 4 bridgehead atoms. The largest absolute Gasteiger partial charge is 0.497 e. The molecule has 13 rings (SSSR count). The molecule has 10 atom stereocenters. The molecular weight excluding hydrogens is 801 g/mol. The molecule has 0 saturated carbocycles. The minimum atomic E-state index is -0.475. The van der Waals surface area contributed by atoms with Gasteiger partial charge in [0.1, 0.15) is 35.2 Å². The van der Waals surface area contributed by atoms with Gasteiger partial charge in [-0.15, -0.1) is 0 Å². The topological polar surface area (TPSA) is 103 Å². The maximum absolute atomic E-state index is 15.1. The number of aromatic nitrogens is 2. The van der Waals surface area contributed by atoms with Crippen LogP contribution in [0.2, 0.25) is 0 Å². The summed E-state index contributed by atoms with van der Waals surface area (Å²) in [5.41, 5.74) is 4.87. The molecule has 0 amide bonds. The van der Waals surface area contributed by atoms with Crippen molar-refractivity contribution in [3.05, 3.63) is 131 Å². The van der Waals surface area contributed by atoms with Crippen molar-refractivity contribution in [3.63, 3.8) is 0 Å². The third-order valence-corrected chi connectivity index (χ3v) is 15.7. The number of nitrogens with zero attached hydrogens (tertiary/aromatic N) is 4. The van der Waals surface area contributed by atoms with E-state index >= 15 is 9.59 Å². The van der Waals surface area contributed by atoms with Crippen molar-refractivity contribution in [3.8, 4) is 23.0 Å². The highest BCUT2D eigenvalue weighted by Crippen LogP contribution is 2.49. The number of piperidine rings is 6. The van der Waals surface area contributed by atoms with Gasteiger partial charge in [0, 0.05) is 58.5 Å². The second kappa shape index (κ2) is 16.6. The molecule has 6 fully saturated rings. The van der Waals surface area contributed by atoms with Crippen LogP contribution in [0.3, 0.4) is 0 Å². The van der Waals surface area contributed by atoms with Gasteiger partial charge in [0.25, 0.3) is 0 Å². The summed E-state index contributed by atoms with van der Waals surface area (Å²) in [5.74, 6) is 4.15. The third kappa shape index (κ3) is 6.83. The maximum Gasteiger partial charge on any atom is 0.198 e. The van der Waals surface area contributed by atoms with Crippen molar-refractivity contribution in [1.82, 2.24) is 19.8 Å². The van der Waals surface area contributed by atoms with Crippen LogP contribution in [-0.2, 0) is 0 Å². The molecule has 6 saturated heterocycles. The van der Waals surface area contributed by atoms with E-state index in [4.69, 9.17) is 28.9 Å². The minimum absolute atomic E-state index is 0.0377. The molecule has 10 nitrogen and oxygen atoms in total. The lowest BCUT2D eigenvalue weighted by Crippen LogP contribution is -2.56. The molecule has 0 N–H and O–H groups in total. The summed E-state index contributed by atoms with van der Waals surface area (Å²) in [6.07, 6.45) is 9.30. The lowest BCUT2D eigenvalue weighted by atomic mass is 9.72. The van der Waals surface area contributed by atoms with Crippen LogP contribution in [0.5, 0.6) is 23.0 Å². The Balaban J connectivity index is 1.07. The van der Waals surface area contributed by atoms with E-state index in [0.717, 1.165) is 109 Å². The Kier molecular flexibility index (Phi) is 10.6. The SMILES string of the molecule is CCC1CN2CCC1C[C@H]2[C@H](Oc1ccc(O[C@H](c2ccnc3ccc(OC)cc23)C2CC3CCN2C[C@@H]3CC)c2c1C(=O)c1ccccc1C2=O)c1ccnc2ccc(OC)cc12. The summed E-state index contributed by atoms with van der Waals surface area (Å²) in [4.78, 5) is 45.0. The van der Waals surface area contributed by atoms with Gasteiger partial charge in [-0.1, -0.05) is 51.0 Å². The Bertz CT molecular complexity index is 2600. The van der Waals surface area contributed by atoms with Crippen LogP contribution in [-0.4, -0.2) is 83.8 Å². The smallest absolute Gasteiger partial charge is 0.198 e. The number of ether oxygens (including phenoxy) is 4. The van der Waals surface area contributed by atoms with Gasteiger partial charge in [-0.25, -0.2) is 0 Å². The number of hydrogen-bond acceptors (Lipinski definition) is 10. The highest BCUT2D eigenvalue weighted by Gasteiger charge is 2.47. The van der Waals surface area contributed by atoms with Crippen LogP contribution >= 0.6 is 0 Å². The molecule has 6 aromatic rings. The molecule has 8 heterocycles. The van der Waals surface area contributed by atoms with E-state index in [0.29, 0.717) is 46.3 Å². The average Bonchev–Trinajstić information content (AvgIpc) is 3.36. The lowest BCUT2D eigenvalue weighted by molar-refractivity contribution is -0.0493. The molecular formula is C54H56N4O6. The van der Waals surface area contributed by atoms with Gasteiger partial charge in [-0.05, 0) is 123 Å². The van der Waals surface area contributed by atoms with E-state index in [2.05, 4.69) is 23.6 Å². The van der Waals surface area contributed by atoms with Gasteiger partial charge in [0.15, 0.2) is 11.6 Å². The van der Waals surface area contributed by atoms with Crippen LogP contribution < -0.4 is 18.9 Å². The fourth-order valence-electron chi connectivity index (χ4n) is 12.3. The maximum atomic E-state index is 15.1. The summed E-state index contributed by atoms with van der Waals surface area (Å²) in [6.45, 7) is 8.58. The van der Waals surface area contributed by atoms with Crippen molar-refractivity contribution in [2.24, 2.45) is 23.7 Å². The highest BCUT2D eigenvalue weighted by atomic mass is 16.5. The number of ketones is 2. The predicted molar refractivity (Wildman–Crippen MR) is 247 cm³/mol. The number of methoxy groups -OCH3 is 2. The van der Waals surface area contributed by atoms with Crippen LogP contribution in [0.1, 0.15) is 108 Å². The Labute approximate surface area is 374 Å². The molecule has 328 valence electrons. The zero-order chi connectivity index (χ0) is 43.6. The van der Waals surface area contributed by atoms with Crippen molar-refractivity contribution >= 4 is 33.4 Å². The lowest BCUT2D eigenvalue weighted by Gasteiger charge is -2.52. The van der Waals surface area contributed by atoms with Crippen LogP contribution in [0.4, 0.5) is 0 Å². The van der Waals surface area contributed by atoms with Crippen molar-refractivity contribution < 1.29 is 28.5 Å². The van der Waals surface area contributed by atoms with Gasteiger partial charge in [-0.2, -0.15) is 0 Å². The Hall–Kier alpha value is -5.84. The zero-order valence-corrected chi connectivity index (χ0v) is 37.2. The van der Waals surface area contributed by atoms with Crippen LogP contribution in [0.15, 0.2) is 97.3 Å². The normalized spacial score (nSPS) is 26.6. The number of pyridine rings is 2. The molecule has 0 spiro atoms. The monoisotopic (exact) mass is 856 g/mol.